The van der Waals surface area contributed by atoms with Crippen molar-refractivity contribution in [1.82, 2.24) is 19.1 Å². The summed E-state index contributed by atoms with van der Waals surface area (Å²) in [6.07, 6.45) is 0. The number of imidazole rings is 2. The molecule has 5 nitrogen and oxygen atoms in total. The van der Waals surface area contributed by atoms with E-state index in [1.807, 2.05) is 24.3 Å². The number of hydrogen-bond acceptors (Lipinski definition) is 3. The number of nitrogens with zero attached hydrogens (tertiary/aromatic N) is 4. The lowest BCUT2D eigenvalue weighted by atomic mass is 10.0. The summed E-state index contributed by atoms with van der Waals surface area (Å²) >= 11 is 0. The molecule has 5 heteroatoms. The first-order valence-corrected chi connectivity index (χ1v) is 17.0. The van der Waals surface area contributed by atoms with Crippen LogP contribution in [0.25, 0.3) is 67.3 Å². The molecule has 8 aromatic rings. The van der Waals surface area contributed by atoms with Gasteiger partial charge < -0.3 is 5.11 Å². The molecule has 0 unspecified atom stereocenters. The van der Waals surface area contributed by atoms with Gasteiger partial charge in [0.05, 0.1) is 27.6 Å². The number of rotatable bonds is 7. The fourth-order valence-corrected chi connectivity index (χ4v) is 6.80. The van der Waals surface area contributed by atoms with Crippen molar-refractivity contribution in [3.05, 3.63) is 151 Å². The first-order valence-electron chi connectivity index (χ1n) is 17.0. The zero-order valence-electron chi connectivity index (χ0n) is 28.2. The van der Waals surface area contributed by atoms with Crippen LogP contribution in [0.5, 0.6) is 5.75 Å². The van der Waals surface area contributed by atoms with Gasteiger partial charge in [0, 0.05) is 28.1 Å². The summed E-state index contributed by atoms with van der Waals surface area (Å²) in [5, 5.41) is 11.0. The Hall–Kier alpha value is -5.94. The van der Waals surface area contributed by atoms with Crippen LogP contribution >= 0.6 is 0 Å². The lowest BCUT2D eigenvalue weighted by Crippen LogP contribution is -1.98. The number of aromatic nitrogens is 4. The van der Waals surface area contributed by atoms with Gasteiger partial charge in [-0.3, -0.25) is 9.13 Å². The fraction of sp³-hybridized carbons (Fsp3) is 0.136. The molecule has 0 aliphatic rings. The molecular formula is C44H38N4O. The van der Waals surface area contributed by atoms with Crippen LogP contribution in [0.3, 0.4) is 0 Å². The molecule has 49 heavy (non-hydrogen) atoms. The summed E-state index contributed by atoms with van der Waals surface area (Å²) in [7, 11) is 0. The number of phenolic OH excluding ortho intramolecular Hbond substituents is 1. The van der Waals surface area contributed by atoms with E-state index in [0.717, 1.165) is 56.0 Å². The van der Waals surface area contributed by atoms with E-state index < -0.39 is 0 Å². The van der Waals surface area contributed by atoms with Crippen molar-refractivity contribution in [2.24, 2.45) is 0 Å². The van der Waals surface area contributed by atoms with Crippen LogP contribution in [0, 0.1) is 0 Å². The summed E-state index contributed by atoms with van der Waals surface area (Å²) < 4.78 is 4.42. The highest BCUT2D eigenvalue weighted by Crippen LogP contribution is 2.40. The summed E-state index contributed by atoms with van der Waals surface area (Å²) in [4.78, 5) is 10.7. The first kappa shape index (κ1) is 30.4. The highest BCUT2D eigenvalue weighted by Gasteiger charge is 2.23. The SMILES string of the molecule is CC(C)c1ccc(-n2c(-c3ccccc3)nc3c(-c4cccc5c4nc(-c4ccccc4O)n5-c4ccc(C(C)C)cc4)cccc32)cc1. The maximum atomic E-state index is 11.0. The van der Waals surface area contributed by atoms with E-state index in [0.29, 0.717) is 23.2 Å². The van der Waals surface area contributed by atoms with E-state index in [-0.39, 0.29) is 5.75 Å². The van der Waals surface area contributed by atoms with Crippen LogP contribution < -0.4 is 0 Å². The average molecular weight is 639 g/mol. The molecule has 0 saturated carbocycles. The van der Waals surface area contributed by atoms with Gasteiger partial charge in [0.2, 0.25) is 0 Å². The van der Waals surface area contributed by atoms with Crippen LogP contribution in [0.15, 0.2) is 140 Å². The smallest absolute Gasteiger partial charge is 0.149 e. The minimum atomic E-state index is 0.191. The molecule has 0 radical (unpaired) electrons. The van der Waals surface area contributed by atoms with Crippen LogP contribution in [0.2, 0.25) is 0 Å². The highest BCUT2D eigenvalue weighted by atomic mass is 16.3. The van der Waals surface area contributed by atoms with Gasteiger partial charge in [0.15, 0.2) is 0 Å². The van der Waals surface area contributed by atoms with E-state index in [4.69, 9.17) is 9.97 Å². The number of para-hydroxylation sites is 3. The molecule has 8 rings (SSSR count). The van der Waals surface area contributed by atoms with E-state index in [2.05, 4.69) is 146 Å². The Labute approximate surface area is 286 Å². The molecule has 0 aliphatic heterocycles. The van der Waals surface area contributed by atoms with Crippen molar-refractivity contribution in [1.29, 1.82) is 0 Å². The minimum absolute atomic E-state index is 0.191. The second-order valence-electron chi connectivity index (χ2n) is 13.3. The maximum Gasteiger partial charge on any atom is 0.149 e. The summed E-state index contributed by atoms with van der Waals surface area (Å²) in [6, 6.07) is 48.0. The maximum absolute atomic E-state index is 11.0. The molecule has 2 aromatic heterocycles. The molecule has 240 valence electrons. The molecule has 0 spiro atoms. The van der Waals surface area contributed by atoms with Gasteiger partial charge in [-0.25, -0.2) is 9.97 Å². The van der Waals surface area contributed by atoms with Crippen molar-refractivity contribution in [3.8, 4) is 51.0 Å². The van der Waals surface area contributed by atoms with Crippen molar-refractivity contribution in [2.75, 3.05) is 0 Å². The summed E-state index contributed by atoms with van der Waals surface area (Å²) in [5.41, 5.74) is 12.1. The normalized spacial score (nSPS) is 11.7. The number of fused-ring (bicyclic) bond motifs is 2. The summed E-state index contributed by atoms with van der Waals surface area (Å²) in [6.45, 7) is 8.84. The highest BCUT2D eigenvalue weighted by molar-refractivity contribution is 6.04. The van der Waals surface area contributed by atoms with Crippen LogP contribution in [-0.4, -0.2) is 24.2 Å². The topological polar surface area (TPSA) is 55.9 Å². The monoisotopic (exact) mass is 638 g/mol. The van der Waals surface area contributed by atoms with Gasteiger partial charge in [0.1, 0.15) is 17.4 Å². The van der Waals surface area contributed by atoms with Crippen LogP contribution in [0.4, 0.5) is 0 Å². The molecule has 0 aliphatic carbocycles. The third-order valence-corrected chi connectivity index (χ3v) is 9.47. The van der Waals surface area contributed by atoms with Crippen LogP contribution in [-0.2, 0) is 0 Å². The van der Waals surface area contributed by atoms with E-state index in [1.165, 1.54) is 11.1 Å². The molecule has 2 heterocycles. The zero-order chi connectivity index (χ0) is 33.6. The number of hydrogen-bond donors (Lipinski definition) is 1. The molecule has 1 N–H and O–H groups in total. The van der Waals surface area contributed by atoms with Crippen LogP contribution in [0.1, 0.15) is 50.7 Å². The molecule has 6 aromatic carbocycles. The molecule has 0 amide bonds. The Morgan fingerprint density at radius 2 is 0.898 bits per heavy atom. The average Bonchev–Trinajstić information content (AvgIpc) is 3.72. The second-order valence-corrected chi connectivity index (χ2v) is 13.3. The third-order valence-electron chi connectivity index (χ3n) is 9.47. The Morgan fingerprint density at radius 1 is 0.449 bits per heavy atom. The lowest BCUT2D eigenvalue weighted by Gasteiger charge is -2.13. The molecular weight excluding hydrogens is 601 g/mol. The van der Waals surface area contributed by atoms with Crippen molar-refractivity contribution in [3.63, 3.8) is 0 Å². The van der Waals surface area contributed by atoms with Crippen molar-refractivity contribution in [2.45, 2.75) is 39.5 Å². The predicted octanol–water partition coefficient (Wildman–Crippen LogP) is 11.3. The molecule has 0 bridgehead atoms. The quantitative estimate of drug-likeness (QED) is 0.189. The van der Waals surface area contributed by atoms with Gasteiger partial charge in [-0.15, -0.1) is 0 Å². The van der Waals surface area contributed by atoms with E-state index >= 15 is 0 Å². The summed E-state index contributed by atoms with van der Waals surface area (Å²) in [5.74, 6) is 2.64. The predicted molar refractivity (Wildman–Crippen MR) is 202 cm³/mol. The Bertz CT molecular complexity index is 2430. The largest absolute Gasteiger partial charge is 0.507 e. The minimum Gasteiger partial charge on any atom is -0.507 e. The Morgan fingerprint density at radius 3 is 1.41 bits per heavy atom. The van der Waals surface area contributed by atoms with Gasteiger partial charge in [-0.2, -0.15) is 0 Å². The molecule has 0 saturated heterocycles. The number of aromatic hydroxyl groups is 1. The van der Waals surface area contributed by atoms with Gasteiger partial charge in [-0.05, 0) is 71.5 Å². The standard InChI is InChI=1S/C44H38N4O/c1-28(2)30-20-24-33(25-21-30)47-38-17-10-15-35(41(38)45-43(47)32-12-6-5-7-13-32)36-16-11-18-39-42(36)46-44(37-14-8-9-19-40(37)49)48(39)34-26-22-31(23-27-34)29(3)4/h5-29,49H,1-4H3. The third kappa shape index (κ3) is 5.28. The van der Waals surface area contributed by atoms with Crippen molar-refractivity contribution >= 4 is 22.1 Å². The van der Waals surface area contributed by atoms with Gasteiger partial charge >= 0.3 is 0 Å². The van der Waals surface area contributed by atoms with E-state index in [9.17, 15) is 5.11 Å². The zero-order valence-corrected chi connectivity index (χ0v) is 28.2. The fourth-order valence-electron chi connectivity index (χ4n) is 6.80. The number of phenols is 1. The Balaban J connectivity index is 1.39. The van der Waals surface area contributed by atoms with Crippen molar-refractivity contribution < 1.29 is 5.11 Å². The van der Waals surface area contributed by atoms with Gasteiger partial charge in [0.25, 0.3) is 0 Å². The molecule has 0 atom stereocenters. The van der Waals surface area contributed by atoms with E-state index in [1.54, 1.807) is 6.07 Å². The molecule has 0 fully saturated rings. The first-order chi connectivity index (χ1) is 23.9. The number of benzene rings is 6. The lowest BCUT2D eigenvalue weighted by molar-refractivity contribution is 0.477. The van der Waals surface area contributed by atoms with Gasteiger partial charge in [-0.1, -0.05) is 119 Å². The Kier molecular flexibility index (Phi) is 7.60. The second kappa shape index (κ2) is 12.3.